The zero-order valence-electron chi connectivity index (χ0n) is 12.2. The highest BCUT2D eigenvalue weighted by Gasteiger charge is 2.35. The van der Waals surface area contributed by atoms with Crippen molar-refractivity contribution in [2.75, 3.05) is 6.54 Å². The zero-order chi connectivity index (χ0) is 14.7. The lowest BCUT2D eigenvalue weighted by Gasteiger charge is -2.21. The second-order valence-electron chi connectivity index (χ2n) is 5.68. The van der Waals surface area contributed by atoms with Gasteiger partial charge in [-0.2, -0.15) is 5.10 Å². The Morgan fingerprint density at radius 3 is 2.80 bits per heavy atom. The number of carbonyl (C=O) groups excluding carboxylic acids is 2. The van der Waals surface area contributed by atoms with Gasteiger partial charge in [0.2, 0.25) is 11.8 Å². The summed E-state index contributed by atoms with van der Waals surface area (Å²) in [5.41, 5.74) is 0. The topological polar surface area (TPSA) is 67.2 Å². The molecule has 2 atom stereocenters. The first kappa shape index (κ1) is 14.6. The maximum absolute atomic E-state index is 12.2. The van der Waals surface area contributed by atoms with Gasteiger partial charge < -0.3 is 10.2 Å². The van der Waals surface area contributed by atoms with Crippen molar-refractivity contribution >= 4 is 11.8 Å². The molecule has 0 unspecified atom stereocenters. The minimum Gasteiger partial charge on any atom is -0.351 e. The van der Waals surface area contributed by atoms with Gasteiger partial charge in [0.05, 0.1) is 12.5 Å². The molecule has 0 bridgehead atoms. The highest BCUT2D eigenvalue weighted by atomic mass is 16.2. The molecule has 20 heavy (non-hydrogen) atoms. The van der Waals surface area contributed by atoms with Crippen LogP contribution < -0.4 is 5.32 Å². The molecule has 2 heterocycles. The van der Waals surface area contributed by atoms with E-state index < -0.39 is 0 Å². The molecule has 6 nitrogen and oxygen atoms in total. The molecule has 1 fully saturated rings. The number of carbonyl (C=O) groups is 2. The fourth-order valence-electron chi connectivity index (χ4n) is 2.50. The lowest BCUT2D eigenvalue weighted by Crippen LogP contribution is -2.41. The van der Waals surface area contributed by atoms with Crippen LogP contribution in [0, 0.1) is 5.92 Å². The number of likely N-dealkylation sites (tertiary alicyclic amines) is 1. The largest absolute Gasteiger partial charge is 0.351 e. The monoisotopic (exact) mass is 278 g/mol. The summed E-state index contributed by atoms with van der Waals surface area (Å²) < 4.78 is 1.78. The van der Waals surface area contributed by atoms with Crippen molar-refractivity contribution in [2.24, 2.45) is 5.92 Å². The van der Waals surface area contributed by atoms with Gasteiger partial charge in [-0.1, -0.05) is 0 Å². The smallest absolute Gasteiger partial charge is 0.225 e. The Bertz CT molecular complexity index is 470. The molecule has 1 aliphatic rings. The number of rotatable bonds is 5. The molecule has 1 aromatic rings. The van der Waals surface area contributed by atoms with Gasteiger partial charge in [-0.3, -0.25) is 14.3 Å². The number of amides is 2. The fourth-order valence-corrected chi connectivity index (χ4v) is 2.50. The molecule has 6 heteroatoms. The number of aromatic nitrogens is 2. The molecule has 1 aliphatic heterocycles. The summed E-state index contributed by atoms with van der Waals surface area (Å²) in [6.07, 6.45) is 3.89. The van der Waals surface area contributed by atoms with Crippen molar-refractivity contribution in [3.63, 3.8) is 0 Å². The number of hydrogen-bond acceptors (Lipinski definition) is 3. The van der Waals surface area contributed by atoms with Crippen LogP contribution >= 0.6 is 0 Å². The van der Waals surface area contributed by atoms with E-state index in [2.05, 4.69) is 10.4 Å². The van der Waals surface area contributed by atoms with E-state index in [9.17, 15) is 9.59 Å². The zero-order valence-corrected chi connectivity index (χ0v) is 12.2. The minimum absolute atomic E-state index is 0.00870. The average molecular weight is 278 g/mol. The van der Waals surface area contributed by atoms with Crippen LogP contribution in [-0.2, 0) is 16.1 Å². The molecule has 2 amide bonds. The first-order valence-corrected chi connectivity index (χ1v) is 7.04. The summed E-state index contributed by atoms with van der Waals surface area (Å²) in [5, 5.41) is 7.07. The second kappa shape index (κ2) is 6.07. The van der Waals surface area contributed by atoms with Gasteiger partial charge in [-0.25, -0.2) is 0 Å². The first-order valence-electron chi connectivity index (χ1n) is 7.04. The second-order valence-corrected chi connectivity index (χ2v) is 5.68. The lowest BCUT2D eigenvalue weighted by molar-refractivity contribution is -0.130. The van der Waals surface area contributed by atoms with Crippen molar-refractivity contribution in [1.82, 2.24) is 20.0 Å². The van der Waals surface area contributed by atoms with Gasteiger partial charge in [0, 0.05) is 37.4 Å². The molecule has 110 valence electrons. The van der Waals surface area contributed by atoms with Gasteiger partial charge in [-0.05, 0) is 26.8 Å². The van der Waals surface area contributed by atoms with Crippen LogP contribution in [0.2, 0.25) is 0 Å². The molecule has 0 radical (unpaired) electrons. The van der Waals surface area contributed by atoms with E-state index >= 15 is 0 Å². The predicted octanol–water partition coefficient (Wildman–Crippen LogP) is 0.645. The summed E-state index contributed by atoms with van der Waals surface area (Å²) in [4.78, 5) is 25.7. The average Bonchev–Trinajstić information content (AvgIpc) is 2.98. The summed E-state index contributed by atoms with van der Waals surface area (Å²) >= 11 is 0. The molecule has 0 aromatic carbocycles. The maximum atomic E-state index is 12.2. The van der Waals surface area contributed by atoms with E-state index in [4.69, 9.17) is 0 Å². The summed E-state index contributed by atoms with van der Waals surface area (Å²) in [7, 11) is 0. The first-order chi connectivity index (χ1) is 9.47. The van der Waals surface area contributed by atoms with Crippen molar-refractivity contribution in [3.8, 4) is 0 Å². The van der Waals surface area contributed by atoms with E-state index in [1.54, 1.807) is 15.8 Å². The van der Waals surface area contributed by atoms with Crippen LogP contribution in [0.1, 0.15) is 27.2 Å². The van der Waals surface area contributed by atoms with Crippen LogP contribution in [-0.4, -0.2) is 45.1 Å². The Labute approximate surface area is 119 Å². The van der Waals surface area contributed by atoms with Crippen molar-refractivity contribution in [1.29, 1.82) is 0 Å². The van der Waals surface area contributed by atoms with Gasteiger partial charge in [-0.15, -0.1) is 0 Å². The van der Waals surface area contributed by atoms with Gasteiger partial charge in [0.25, 0.3) is 0 Å². The van der Waals surface area contributed by atoms with Crippen LogP contribution in [0.3, 0.4) is 0 Å². The fraction of sp³-hybridized carbons (Fsp3) is 0.643. The molecule has 1 saturated heterocycles. The Morgan fingerprint density at radius 1 is 1.50 bits per heavy atom. The van der Waals surface area contributed by atoms with Gasteiger partial charge in [0.15, 0.2) is 0 Å². The Balaban J connectivity index is 1.85. The minimum atomic E-state index is -0.232. The lowest BCUT2D eigenvalue weighted by atomic mass is 10.1. The Morgan fingerprint density at radius 2 is 2.25 bits per heavy atom. The molecule has 1 N–H and O–H groups in total. The third-order valence-corrected chi connectivity index (χ3v) is 3.56. The van der Waals surface area contributed by atoms with Crippen LogP contribution in [0.4, 0.5) is 0 Å². The van der Waals surface area contributed by atoms with Crippen LogP contribution in [0.25, 0.3) is 0 Å². The quantitative estimate of drug-likeness (QED) is 0.859. The van der Waals surface area contributed by atoms with E-state index in [1.165, 1.54) is 0 Å². The predicted molar refractivity (Wildman–Crippen MR) is 74.8 cm³/mol. The van der Waals surface area contributed by atoms with E-state index in [0.29, 0.717) is 19.5 Å². The highest BCUT2D eigenvalue weighted by Crippen LogP contribution is 2.20. The molecule has 2 rings (SSSR count). The number of nitrogens with zero attached hydrogens (tertiary/aromatic N) is 3. The maximum Gasteiger partial charge on any atom is 0.225 e. The highest BCUT2D eigenvalue weighted by molar-refractivity contribution is 5.89. The van der Waals surface area contributed by atoms with Crippen molar-refractivity contribution in [3.05, 3.63) is 18.5 Å². The van der Waals surface area contributed by atoms with Crippen molar-refractivity contribution in [2.45, 2.75) is 45.8 Å². The summed E-state index contributed by atoms with van der Waals surface area (Å²) in [6, 6.07) is 2.00. The van der Waals surface area contributed by atoms with Crippen molar-refractivity contribution < 1.29 is 9.59 Å². The molecule has 0 spiro atoms. The van der Waals surface area contributed by atoms with Crippen LogP contribution in [0.15, 0.2) is 18.5 Å². The van der Waals surface area contributed by atoms with Gasteiger partial charge >= 0.3 is 0 Å². The van der Waals surface area contributed by atoms with E-state index in [1.807, 2.05) is 33.0 Å². The molecule has 1 aromatic heterocycles. The molecular weight excluding hydrogens is 256 g/mol. The Hall–Kier alpha value is -1.85. The van der Waals surface area contributed by atoms with Gasteiger partial charge in [0.1, 0.15) is 0 Å². The normalized spacial score (nSPS) is 20.5. The standard InChI is InChI=1S/C14H22N4O2/c1-10(2)18-9-12(7-13(18)19)14(20)16-11(3)8-17-6-4-5-15-17/h4-6,10-12H,7-9H2,1-3H3,(H,16,20)/t11-,12+/m0/s1. The number of hydrogen-bond donors (Lipinski definition) is 1. The SMILES string of the molecule is CC(C)N1C[C@H](C(=O)N[C@@H](C)Cn2cccn2)CC1=O. The number of nitrogens with one attached hydrogen (secondary N) is 1. The summed E-state index contributed by atoms with van der Waals surface area (Å²) in [6.45, 7) is 7.04. The molecule has 0 aliphatic carbocycles. The third-order valence-electron chi connectivity index (χ3n) is 3.56. The molecule has 0 saturated carbocycles. The third kappa shape index (κ3) is 3.37. The van der Waals surface area contributed by atoms with E-state index in [-0.39, 0.29) is 29.8 Å². The Kier molecular flexibility index (Phi) is 4.42. The van der Waals surface area contributed by atoms with E-state index in [0.717, 1.165) is 0 Å². The summed E-state index contributed by atoms with van der Waals surface area (Å²) in [5.74, 6) is -0.203. The molecular formula is C14H22N4O2. The van der Waals surface area contributed by atoms with Crippen LogP contribution in [0.5, 0.6) is 0 Å².